The summed E-state index contributed by atoms with van der Waals surface area (Å²) in [6.45, 7) is 3.79. The van der Waals surface area contributed by atoms with Crippen LogP contribution in [-0.4, -0.2) is 5.91 Å². The fourth-order valence-electron chi connectivity index (χ4n) is 0.440. The molecule has 9 heavy (non-hydrogen) atoms. The van der Waals surface area contributed by atoms with Crippen molar-refractivity contribution in [3.8, 4) is 0 Å². The molecule has 0 aliphatic heterocycles. The van der Waals surface area contributed by atoms with E-state index in [0.717, 1.165) is 0 Å². The quantitative estimate of drug-likeness (QED) is 0.317. The minimum absolute atomic E-state index is 0.267. The summed E-state index contributed by atoms with van der Waals surface area (Å²) in [7, 11) is 0. The van der Waals surface area contributed by atoms with Crippen LogP contribution in [0, 0.1) is 5.92 Å². The third kappa shape index (κ3) is 4.84. The molecule has 0 saturated carbocycles. The predicted octanol–water partition coefficient (Wildman–Crippen LogP) is 1.87. The highest BCUT2D eigenvalue weighted by atomic mass is 16.1. The highest BCUT2D eigenvalue weighted by Gasteiger charge is 1.99. The van der Waals surface area contributed by atoms with Gasteiger partial charge in [0.15, 0.2) is 0 Å². The molecule has 50 valence electrons. The van der Waals surface area contributed by atoms with Gasteiger partial charge in [0, 0.05) is 11.3 Å². The van der Waals surface area contributed by atoms with Crippen LogP contribution in [0.4, 0.5) is 0 Å². The van der Waals surface area contributed by atoms with E-state index in [4.69, 9.17) is 5.53 Å². The average molecular weight is 127 g/mol. The minimum atomic E-state index is -0.382. The molecule has 0 N–H and O–H groups in total. The number of amides is 1. The van der Waals surface area contributed by atoms with Gasteiger partial charge < -0.3 is 0 Å². The standard InChI is InChI=1S/C5H9N3O/c1-4(2)3-5(9)7-8-6/h4H,3H2,1-2H3. The molecule has 0 spiro atoms. The first kappa shape index (κ1) is 7.98. The molecule has 0 unspecified atom stereocenters. The lowest BCUT2D eigenvalue weighted by Gasteiger charge is -1.95. The van der Waals surface area contributed by atoms with Crippen molar-refractivity contribution in [2.45, 2.75) is 20.3 Å². The lowest BCUT2D eigenvalue weighted by atomic mass is 10.1. The van der Waals surface area contributed by atoms with Gasteiger partial charge in [-0.25, -0.2) is 0 Å². The molecular formula is C5H9N3O. The second-order valence-corrected chi connectivity index (χ2v) is 2.18. The van der Waals surface area contributed by atoms with Crippen LogP contribution in [0.1, 0.15) is 20.3 Å². The maximum Gasteiger partial charge on any atom is 0.219 e. The molecule has 0 rings (SSSR count). The molecule has 0 bridgehead atoms. The van der Waals surface area contributed by atoms with Gasteiger partial charge in [0.05, 0.1) is 0 Å². The van der Waals surface area contributed by atoms with E-state index in [1.165, 1.54) is 0 Å². The Morgan fingerprint density at radius 1 is 1.78 bits per heavy atom. The van der Waals surface area contributed by atoms with Gasteiger partial charge in [-0.05, 0) is 16.6 Å². The van der Waals surface area contributed by atoms with Crippen LogP contribution in [0.2, 0.25) is 0 Å². The first-order valence-electron chi connectivity index (χ1n) is 2.74. The van der Waals surface area contributed by atoms with Gasteiger partial charge in [-0.2, -0.15) is 0 Å². The molecular weight excluding hydrogens is 118 g/mol. The van der Waals surface area contributed by atoms with Gasteiger partial charge in [0.25, 0.3) is 0 Å². The SMILES string of the molecule is CC(C)CC(=O)N=[N+]=[N-]. The fraction of sp³-hybridized carbons (Fsp3) is 0.800. The second kappa shape index (κ2) is 3.92. The molecule has 0 saturated heterocycles. The van der Waals surface area contributed by atoms with Gasteiger partial charge >= 0.3 is 0 Å². The van der Waals surface area contributed by atoms with E-state index in [2.05, 4.69) is 10.0 Å². The van der Waals surface area contributed by atoms with Gasteiger partial charge in [-0.15, -0.1) is 0 Å². The zero-order valence-electron chi connectivity index (χ0n) is 5.53. The number of nitrogens with zero attached hydrogens (tertiary/aromatic N) is 3. The van der Waals surface area contributed by atoms with E-state index in [1.54, 1.807) is 0 Å². The molecule has 0 heterocycles. The third-order valence-electron chi connectivity index (χ3n) is 0.739. The average Bonchev–Trinajstić information content (AvgIpc) is 1.63. The summed E-state index contributed by atoms with van der Waals surface area (Å²) in [6.07, 6.45) is 0.337. The molecule has 4 nitrogen and oxygen atoms in total. The second-order valence-electron chi connectivity index (χ2n) is 2.18. The first-order chi connectivity index (χ1) is 4.16. The maximum atomic E-state index is 10.4. The number of rotatable bonds is 2. The molecule has 1 amide bonds. The van der Waals surface area contributed by atoms with Crippen molar-refractivity contribution in [1.82, 2.24) is 0 Å². The summed E-state index contributed by atoms with van der Waals surface area (Å²) in [5.41, 5.74) is 7.79. The fourth-order valence-corrected chi connectivity index (χ4v) is 0.440. The minimum Gasteiger partial charge on any atom is -0.293 e. The first-order valence-corrected chi connectivity index (χ1v) is 2.74. The van der Waals surface area contributed by atoms with Crippen LogP contribution >= 0.6 is 0 Å². The van der Waals surface area contributed by atoms with Crippen molar-refractivity contribution in [1.29, 1.82) is 0 Å². The van der Waals surface area contributed by atoms with Crippen molar-refractivity contribution in [3.63, 3.8) is 0 Å². The van der Waals surface area contributed by atoms with Crippen LogP contribution in [-0.2, 0) is 4.79 Å². The van der Waals surface area contributed by atoms with Gasteiger partial charge in [0.1, 0.15) is 0 Å². The van der Waals surface area contributed by atoms with Crippen molar-refractivity contribution in [2.75, 3.05) is 0 Å². The molecule has 0 aromatic heterocycles. The largest absolute Gasteiger partial charge is 0.293 e. The predicted molar refractivity (Wildman–Crippen MR) is 33.6 cm³/mol. The van der Waals surface area contributed by atoms with Crippen LogP contribution in [0.3, 0.4) is 0 Å². The summed E-state index contributed by atoms with van der Waals surface area (Å²) in [4.78, 5) is 12.8. The topological polar surface area (TPSA) is 65.8 Å². The van der Waals surface area contributed by atoms with E-state index in [9.17, 15) is 4.79 Å². The number of azide groups is 1. The molecule has 0 fully saturated rings. The molecule has 4 heteroatoms. The van der Waals surface area contributed by atoms with Crippen LogP contribution < -0.4 is 0 Å². The van der Waals surface area contributed by atoms with Crippen molar-refractivity contribution >= 4 is 5.91 Å². The number of hydrogen-bond donors (Lipinski definition) is 0. The normalized spacial score (nSPS) is 8.78. The Kier molecular flexibility index (Phi) is 3.48. The van der Waals surface area contributed by atoms with E-state index in [0.29, 0.717) is 6.42 Å². The lowest BCUT2D eigenvalue weighted by Crippen LogP contribution is -1.96. The molecule has 0 aromatic carbocycles. The summed E-state index contributed by atoms with van der Waals surface area (Å²) < 4.78 is 0. The molecule has 0 aromatic rings. The number of carbonyl (C=O) groups is 1. The number of carbonyl (C=O) groups excluding carboxylic acids is 1. The summed E-state index contributed by atoms with van der Waals surface area (Å²) in [5, 5.41) is 2.91. The third-order valence-corrected chi connectivity index (χ3v) is 0.739. The monoisotopic (exact) mass is 127 g/mol. The Bertz CT molecular complexity index is 146. The Hall–Kier alpha value is -1.02. The van der Waals surface area contributed by atoms with Crippen molar-refractivity contribution < 1.29 is 4.79 Å². The summed E-state index contributed by atoms with van der Waals surface area (Å²) in [6, 6.07) is 0. The zero-order valence-corrected chi connectivity index (χ0v) is 5.53. The highest BCUT2D eigenvalue weighted by molar-refractivity contribution is 5.76. The Labute approximate surface area is 53.5 Å². The molecule has 0 aliphatic rings. The van der Waals surface area contributed by atoms with E-state index in [-0.39, 0.29) is 11.8 Å². The lowest BCUT2D eigenvalue weighted by molar-refractivity contribution is -0.118. The van der Waals surface area contributed by atoms with Crippen LogP contribution in [0.5, 0.6) is 0 Å². The van der Waals surface area contributed by atoms with Gasteiger partial charge in [-0.1, -0.05) is 13.8 Å². The zero-order chi connectivity index (χ0) is 7.28. The molecule has 0 atom stereocenters. The van der Waals surface area contributed by atoms with Crippen LogP contribution in [0.25, 0.3) is 10.4 Å². The maximum absolute atomic E-state index is 10.4. The van der Waals surface area contributed by atoms with E-state index >= 15 is 0 Å². The smallest absolute Gasteiger partial charge is 0.219 e. The van der Waals surface area contributed by atoms with Gasteiger partial charge in [0.2, 0.25) is 5.91 Å². The summed E-state index contributed by atoms with van der Waals surface area (Å²) >= 11 is 0. The van der Waals surface area contributed by atoms with E-state index in [1.807, 2.05) is 13.8 Å². The number of hydrogen-bond acceptors (Lipinski definition) is 1. The molecule has 0 radical (unpaired) electrons. The Morgan fingerprint density at radius 2 is 2.33 bits per heavy atom. The Morgan fingerprint density at radius 3 is 2.67 bits per heavy atom. The van der Waals surface area contributed by atoms with Gasteiger partial charge in [-0.3, -0.25) is 4.79 Å². The van der Waals surface area contributed by atoms with Crippen molar-refractivity contribution in [3.05, 3.63) is 10.4 Å². The molecule has 0 aliphatic carbocycles. The van der Waals surface area contributed by atoms with E-state index < -0.39 is 0 Å². The highest BCUT2D eigenvalue weighted by Crippen LogP contribution is 1.99. The Balaban J connectivity index is 3.64. The van der Waals surface area contributed by atoms with Crippen molar-refractivity contribution in [2.24, 2.45) is 11.0 Å². The van der Waals surface area contributed by atoms with Crippen LogP contribution in [0.15, 0.2) is 5.11 Å². The summed E-state index contributed by atoms with van der Waals surface area (Å²) in [5.74, 6) is -0.115.